The molecule has 5 nitrogen and oxygen atoms in total. The normalized spacial score (nSPS) is 25.2. The van der Waals surface area contributed by atoms with Crippen LogP contribution in [0.5, 0.6) is 0 Å². The molecule has 1 N–H and O–H groups in total. The second-order valence-electron chi connectivity index (χ2n) is 2.53. The summed E-state index contributed by atoms with van der Waals surface area (Å²) in [7, 11) is 0. The van der Waals surface area contributed by atoms with Crippen molar-refractivity contribution in [2.75, 3.05) is 12.5 Å². The number of carbonyl (C=O) groups excluding carboxylic acids is 1. The molecule has 12 heavy (non-hydrogen) atoms. The zero-order valence-corrected chi connectivity index (χ0v) is 7.26. The standard InChI is InChI=1S/C6H11NO4S/c8-6(11-4-12(9)10)5-2-1-3-7-5/h5,7H,1-4H2,(H,9,10)/p-1. The number of hydrogen-bond acceptors (Lipinski definition) is 5. The van der Waals surface area contributed by atoms with Gasteiger partial charge in [-0.05, 0) is 30.5 Å². The summed E-state index contributed by atoms with van der Waals surface area (Å²) >= 11 is -2.31. The highest BCUT2D eigenvalue weighted by Gasteiger charge is 2.22. The molecule has 0 amide bonds. The summed E-state index contributed by atoms with van der Waals surface area (Å²) in [6.45, 7) is 0.792. The lowest BCUT2D eigenvalue weighted by molar-refractivity contribution is -0.143. The molecule has 1 saturated heterocycles. The van der Waals surface area contributed by atoms with Crippen molar-refractivity contribution in [3.8, 4) is 0 Å². The first-order valence-corrected chi connectivity index (χ1v) is 4.90. The average Bonchev–Trinajstić information content (AvgIpc) is 2.51. The minimum Gasteiger partial charge on any atom is -0.770 e. The molecule has 1 heterocycles. The van der Waals surface area contributed by atoms with Gasteiger partial charge in [0, 0.05) is 0 Å². The van der Waals surface area contributed by atoms with Crippen LogP contribution >= 0.6 is 0 Å². The van der Waals surface area contributed by atoms with Crippen LogP contribution in [-0.2, 0) is 20.6 Å². The van der Waals surface area contributed by atoms with Gasteiger partial charge in [0.15, 0.2) is 5.94 Å². The second kappa shape index (κ2) is 4.54. The molecule has 0 saturated carbocycles. The number of rotatable bonds is 3. The average molecular weight is 192 g/mol. The van der Waals surface area contributed by atoms with Gasteiger partial charge in [-0.1, -0.05) is 0 Å². The lowest BCUT2D eigenvalue weighted by Crippen LogP contribution is -2.32. The van der Waals surface area contributed by atoms with Gasteiger partial charge < -0.3 is 14.6 Å². The molecule has 0 aromatic carbocycles. The van der Waals surface area contributed by atoms with Crippen molar-refractivity contribution in [1.82, 2.24) is 5.32 Å². The highest BCUT2D eigenvalue weighted by Crippen LogP contribution is 2.06. The molecule has 1 aliphatic rings. The fraction of sp³-hybridized carbons (Fsp3) is 0.833. The lowest BCUT2D eigenvalue weighted by Gasteiger charge is -2.10. The molecule has 0 aromatic rings. The summed E-state index contributed by atoms with van der Waals surface area (Å²) < 4.78 is 24.5. The Hall–Kier alpha value is -0.460. The van der Waals surface area contributed by atoms with Gasteiger partial charge in [0.2, 0.25) is 0 Å². The zero-order valence-electron chi connectivity index (χ0n) is 6.45. The van der Waals surface area contributed by atoms with Gasteiger partial charge in [0.05, 0.1) is 0 Å². The van der Waals surface area contributed by atoms with Gasteiger partial charge in [-0.15, -0.1) is 0 Å². The van der Waals surface area contributed by atoms with E-state index in [0.29, 0.717) is 0 Å². The van der Waals surface area contributed by atoms with E-state index in [-0.39, 0.29) is 6.04 Å². The molecule has 2 unspecified atom stereocenters. The SMILES string of the molecule is O=C(OCS(=O)[O-])C1CCCN1. The van der Waals surface area contributed by atoms with Crippen molar-refractivity contribution in [3.05, 3.63) is 0 Å². The third kappa shape index (κ3) is 2.88. The van der Waals surface area contributed by atoms with Crippen LogP contribution in [-0.4, -0.2) is 33.3 Å². The van der Waals surface area contributed by atoms with E-state index in [1.807, 2.05) is 0 Å². The third-order valence-electron chi connectivity index (χ3n) is 1.64. The first-order chi connectivity index (χ1) is 5.70. The van der Waals surface area contributed by atoms with Crippen molar-refractivity contribution in [2.45, 2.75) is 18.9 Å². The van der Waals surface area contributed by atoms with E-state index in [2.05, 4.69) is 10.1 Å². The van der Waals surface area contributed by atoms with Crippen LogP contribution in [0.3, 0.4) is 0 Å². The Morgan fingerprint density at radius 1 is 1.75 bits per heavy atom. The number of ether oxygens (including phenoxy) is 1. The summed E-state index contributed by atoms with van der Waals surface area (Å²) in [5.41, 5.74) is 0. The van der Waals surface area contributed by atoms with E-state index >= 15 is 0 Å². The molecule has 0 aromatic heterocycles. The fourth-order valence-corrected chi connectivity index (χ4v) is 1.30. The summed E-state index contributed by atoms with van der Waals surface area (Å²) in [5, 5.41) is 2.90. The van der Waals surface area contributed by atoms with Crippen LogP contribution in [0.15, 0.2) is 0 Å². The number of carbonyl (C=O) groups is 1. The van der Waals surface area contributed by atoms with E-state index in [9.17, 15) is 13.6 Å². The molecule has 0 spiro atoms. The molecule has 70 valence electrons. The monoisotopic (exact) mass is 192 g/mol. The van der Waals surface area contributed by atoms with Gasteiger partial charge in [-0.3, -0.25) is 9.00 Å². The first-order valence-electron chi connectivity index (χ1n) is 3.66. The maximum atomic E-state index is 11.0. The number of esters is 1. The minimum absolute atomic E-state index is 0.312. The first kappa shape index (κ1) is 9.63. The van der Waals surface area contributed by atoms with Crippen molar-refractivity contribution < 1.29 is 18.3 Å². The Morgan fingerprint density at radius 3 is 3.00 bits per heavy atom. The molecule has 2 atom stereocenters. The van der Waals surface area contributed by atoms with Crippen LogP contribution in [0.1, 0.15) is 12.8 Å². The van der Waals surface area contributed by atoms with Gasteiger partial charge in [-0.2, -0.15) is 0 Å². The Bertz CT molecular complexity index is 190. The summed E-state index contributed by atoms with van der Waals surface area (Å²) in [6, 6.07) is -0.312. The van der Waals surface area contributed by atoms with Gasteiger partial charge in [0.25, 0.3) is 0 Å². The van der Waals surface area contributed by atoms with Crippen LogP contribution in [0.2, 0.25) is 0 Å². The number of nitrogens with one attached hydrogen (secondary N) is 1. The zero-order chi connectivity index (χ0) is 8.97. The highest BCUT2D eigenvalue weighted by atomic mass is 32.2. The van der Waals surface area contributed by atoms with Crippen LogP contribution < -0.4 is 5.32 Å². The molecule has 6 heteroatoms. The van der Waals surface area contributed by atoms with E-state index in [1.165, 1.54) is 0 Å². The van der Waals surface area contributed by atoms with Crippen molar-refractivity contribution >= 4 is 17.0 Å². The molecule has 1 aliphatic heterocycles. The van der Waals surface area contributed by atoms with Gasteiger partial charge in [-0.25, -0.2) is 0 Å². The number of hydrogen-bond donors (Lipinski definition) is 1. The topological polar surface area (TPSA) is 78.5 Å². The quantitative estimate of drug-likeness (QED) is 0.464. The highest BCUT2D eigenvalue weighted by molar-refractivity contribution is 7.78. The van der Waals surface area contributed by atoms with Gasteiger partial charge in [0.1, 0.15) is 6.04 Å². The van der Waals surface area contributed by atoms with E-state index < -0.39 is 23.0 Å². The van der Waals surface area contributed by atoms with Crippen LogP contribution in [0, 0.1) is 0 Å². The van der Waals surface area contributed by atoms with E-state index in [1.54, 1.807) is 0 Å². The molecular formula is C6H10NO4S-. The largest absolute Gasteiger partial charge is 0.770 e. The molecule has 1 rings (SSSR count). The van der Waals surface area contributed by atoms with Crippen LogP contribution in [0.4, 0.5) is 0 Å². The van der Waals surface area contributed by atoms with E-state index in [4.69, 9.17) is 0 Å². The van der Waals surface area contributed by atoms with E-state index in [0.717, 1.165) is 19.4 Å². The van der Waals surface area contributed by atoms with Crippen LogP contribution in [0.25, 0.3) is 0 Å². The maximum Gasteiger partial charge on any atom is 0.324 e. The smallest absolute Gasteiger partial charge is 0.324 e. The Morgan fingerprint density at radius 2 is 2.50 bits per heavy atom. The lowest BCUT2D eigenvalue weighted by atomic mass is 10.2. The molecular weight excluding hydrogens is 182 g/mol. The Kier molecular flexibility index (Phi) is 3.64. The minimum atomic E-state index is -2.31. The second-order valence-corrected chi connectivity index (χ2v) is 3.38. The summed E-state index contributed by atoms with van der Waals surface area (Å²) in [6.07, 6.45) is 1.66. The maximum absolute atomic E-state index is 11.0. The van der Waals surface area contributed by atoms with Gasteiger partial charge >= 0.3 is 5.97 Å². The molecule has 1 fully saturated rings. The predicted molar refractivity (Wildman–Crippen MR) is 40.9 cm³/mol. The van der Waals surface area contributed by atoms with Crippen molar-refractivity contribution in [1.29, 1.82) is 0 Å². The molecule has 0 aliphatic carbocycles. The van der Waals surface area contributed by atoms with Crippen molar-refractivity contribution in [2.24, 2.45) is 0 Å². The third-order valence-corrected chi connectivity index (χ3v) is 1.95. The molecule has 0 bridgehead atoms. The molecule has 0 radical (unpaired) electrons. The summed E-state index contributed by atoms with van der Waals surface area (Å²) in [5.74, 6) is -1.02. The predicted octanol–water partition coefficient (Wildman–Crippen LogP) is -0.882. The summed E-state index contributed by atoms with van der Waals surface area (Å²) in [4.78, 5) is 11.0. The van der Waals surface area contributed by atoms with Crippen molar-refractivity contribution in [3.63, 3.8) is 0 Å². The Balaban J connectivity index is 2.23. The Labute approximate surface area is 72.8 Å². The fourth-order valence-electron chi connectivity index (χ4n) is 1.09.